The summed E-state index contributed by atoms with van der Waals surface area (Å²) in [5.74, 6) is 0.263. The molecule has 76 valence electrons. The van der Waals surface area contributed by atoms with Crippen LogP contribution in [-0.4, -0.2) is 35.3 Å². The van der Waals surface area contributed by atoms with E-state index in [1.807, 2.05) is 14.1 Å². The van der Waals surface area contributed by atoms with Gasteiger partial charge in [0.25, 0.3) is 5.95 Å². The Morgan fingerprint density at radius 3 is 2.14 bits per heavy atom. The van der Waals surface area contributed by atoms with Crippen molar-refractivity contribution in [1.29, 1.82) is 0 Å². The molecule has 0 spiro atoms. The standard InChI is InChI=1S/C8H10Cl2N4/c1-5-6(9)12-8(13-7(5)10)11-4-14(2)3/h4H,1-3H3/b11-4+. The maximum Gasteiger partial charge on any atom is 0.253 e. The summed E-state index contributed by atoms with van der Waals surface area (Å²) in [5, 5.41) is 0.659. The van der Waals surface area contributed by atoms with E-state index in [1.165, 1.54) is 0 Å². The van der Waals surface area contributed by atoms with Gasteiger partial charge < -0.3 is 4.90 Å². The molecule has 0 aliphatic rings. The Morgan fingerprint density at radius 2 is 1.71 bits per heavy atom. The lowest BCUT2D eigenvalue weighted by atomic mass is 10.4. The maximum atomic E-state index is 5.81. The summed E-state index contributed by atoms with van der Waals surface area (Å²) < 4.78 is 0. The van der Waals surface area contributed by atoms with Gasteiger partial charge >= 0.3 is 0 Å². The lowest BCUT2D eigenvalue weighted by Crippen LogP contribution is -2.07. The number of rotatable bonds is 2. The summed E-state index contributed by atoms with van der Waals surface area (Å²) in [6.45, 7) is 1.75. The minimum atomic E-state index is 0.263. The van der Waals surface area contributed by atoms with Crippen molar-refractivity contribution in [2.45, 2.75) is 6.92 Å². The summed E-state index contributed by atoms with van der Waals surface area (Å²) in [4.78, 5) is 13.6. The van der Waals surface area contributed by atoms with E-state index in [9.17, 15) is 0 Å². The number of nitrogens with zero attached hydrogens (tertiary/aromatic N) is 4. The normalized spacial score (nSPS) is 10.9. The molecule has 1 aromatic rings. The SMILES string of the molecule is Cc1c(Cl)nc(/N=C/N(C)C)nc1Cl. The van der Waals surface area contributed by atoms with Crippen molar-refractivity contribution >= 4 is 35.5 Å². The predicted molar refractivity (Wildman–Crippen MR) is 58.6 cm³/mol. The van der Waals surface area contributed by atoms with E-state index < -0.39 is 0 Å². The molecule has 0 atom stereocenters. The highest BCUT2D eigenvalue weighted by atomic mass is 35.5. The van der Waals surface area contributed by atoms with E-state index in [0.717, 1.165) is 0 Å². The largest absolute Gasteiger partial charge is 0.369 e. The molecule has 6 heteroatoms. The van der Waals surface area contributed by atoms with Gasteiger partial charge in [-0.1, -0.05) is 23.2 Å². The Morgan fingerprint density at radius 1 is 1.21 bits per heavy atom. The van der Waals surface area contributed by atoms with Gasteiger partial charge in [0.15, 0.2) is 0 Å². The van der Waals surface area contributed by atoms with Gasteiger partial charge in [-0.15, -0.1) is 0 Å². The molecule has 0 saturated heterocycles. The van der Waals surface area contributed by atoms with Crippen LogP contribution in [0.4, 0.5) is 5.95 Å². The van der Waals surface area contributed by atoms with Crippen molar-refractivity contribution in [2.75, 3.05) is 14.1 Å². The second kappa shape index (κ2) is 4.57. The molecule has 0 bridgehead atoms. The van der Waals surface area contributed by atoms with Gasteiger partial charge in [-0.25, -0.2) is 4.99 Å². The van der Waals surface area contributed by atoms with Gasteiger partial charge in [0.1, 0.15) is 10.3 Å². The number of hydrogen-bond acceptors (Lipinski definition) is 3. The molecule has 1 rings (SSSR count). The maximum absolute atomic E-state index is 5.81. The minimum Gasteiger partial charge on any atom is -0.369 e. The van der Waals surface area contributed by atoms with Crippen LogP contribution < -0.4 is 0 Å². The third-order valence-corrected chi connectivity index (χ3v) is 2.16. The molecule has 0 fully saturated rings. The Kier molecular flexibility index (Phi) is 3.66. The number of aliphatic imine (C=N–C) groups is 1. The van der Waals surface area contributed by atoms with Gasteiger partial charge in [0, 0.05) is 19.7 Å². The molecule has 0 saturated carbocycles. The topological polar surface area (TPSA) is 41.4 Å². The smallest absolute Gasteiger partial charge is 0.253 e. The first-order valence-electron chi connectivity index (χ1n) is 3.91. The fourth-order valence-corrected chi connectivity index (χ4v) is 1.06. The van der Waals surface area contributed by atoms with Gasteiger partial charge in [-0.3, -0.25) is 0 Å². The number of aromatic nitrogens is 2. The lowest BCUT2D eigenvalue weighted by molar-refractivity contribution is 0.642. The Bertz CT molecular complexity index is 339. The molecule has 4 nitrogen and oxygen atoms in total. The monoisotopic (exact) mass is 232 g/mol. The van der Waals surface area contributed by atoms with E-state index in [1.54, 1.807) is 18.2 Å². The van der Waals surface area contributed by atoms with Crippen LogP contribution in [0.25, 0.3) is 0 Å². The highest BCUT2D eigenvalue weighted by molar-refractivity contribution is 6.34. The van der Waals surface area contributed by atoms with E-state index >= 15 is 0 Å². The van der Waals surface area contributed by atoms with Crippen molar-refractivity contribution in [3.05, 3.63) is 15.9 Å². The van der Waals surface area contributed by atoms with Crippen LogP contribution in [-0.2, 0) is 0 Å². The van der Waals surface area contributed by atoms with E-state index in [-0.39, 0.29) is 5.95 Å². The summed E-state index contributed by atoms with van der Waals surface area (Å²) in [6, 6.07) is 0. The Hall–Kier alpha value is -0.870. The highest BCUT2D eigenvalue weighted by Crippen LogP contribution is 2.22. The zero-order valence-electron chi connectivity index (χ0n) is 8.12. The fraction of sp³-hybridized carbons (Fsp3) is 0.375. The summed E-state index contributed by atoms with van der Waals surface area (Å²) in [6.07, 6.45) is 1.58. The van der Waals surface area contributed by atoms with Crippen molar-refractivity contribution < 1.29 is 0 Å². The number of hydrogen-bond donors (Lipinski definition) is 0. The predicted octanol–water partition coefficient (Wildman–Crippen LogP) is 2.31. The van der Waals surface area contributed by atoms with Crippen LogP contribution in [0.1, 0.15) is 5.56 Å². The summed E-state index contributed by atoms with van der Waals surface area (Å²) in [7, 11) is 3.70. The molecular formula is C8H10Cl2N4. The summed E-state index contributed by atoms with van der Waals surface area (Å²) in [5.41, 5.74) is 0.664. The third kappa shape index (κ3) is 2.82. The molecule has 0 aromatic carbocycles. The van der Waals surface area contributed by atoms with Crippen LogP contribution >= 0.6 is 23.2 Å². The molecule has 0 radical (unpaired) electrons. The molecule has 0 amide bonds. The van der Waals surface area contributed by atoms with Gasteiger partial charge in [0.05, 0.1) is 6.34 Å². The Balaban J connectivity index is 3.01. The molecule has 1 heterocycles. The zero-order chi connectivity index (χ0) is 10.7. The average Bonchev–Trinajstić information content (AvgIpc) is 2.10. The highest BCUT2D eigenvalue weighted by Gasteiger charge is 2.05. The second-order valence-corrected chi connectivity index (χ2v) is 3.65. The van der Waals surface area contributed by atoms with Gasteiger partial charge in [0.2, 0.25) is 0 Å². The van der Waals surface area contributed by atoms with Crippen LogP contribution in [0.5, 0.6) is 0 Å². The first-order chi connectivity index (χ1) is 6.50. The van der Waals surface area contributed by atoms with Crippen LogP contribution in [0, 0.1) is 6.92 Å². The molecule has 0 aliphatic heterocycles. The van der Waals surface area contributed by atoms with Crippen LogP contribution in [0.15, 0.2) is 4.99 Å². The van der Waals surface area contributed by atoms with E-state index in [2.05, 4.69) is 15.0 Å². The van der Waals surface area contributed by atoms with Gasteiger partial charge in [-0.2, -0.15) is 9.97 Å². The molecular weight excluding hydrogens is 223 g/mol. The summed E-state index contributed by atoms with van der Waals surface area (Å²) >= 11 is 11.6. The molecule has 1 aromatic heterocycles. The molecule has 0 unspecified atom stereocenters. The first kappa shape index (κ1) is 11.2. The van der Waals surface area contributed by atoms with E-state index in [4.69, 9.17) is 23.2 Å². The Labute approximate surface area is 92.6 Å². The second-order valence-electron chi connectivity index (χ2n) is 2.94. The first-order valence-corrected chi connectivity index (χ1v) is 4.66. The third-order valence-electron chi connectivity index (χ3n) is 1.42. The molecule has 0 N–H and O–H groups in total. The lowest BCUT2D eigenvalue weighted by Gasteiger charge is -2.03. The molecule has 14 heavy (non-hydrogen) atoms. The fourth-order valence-electron chi connectivity index (χ4n) is 0.678. The zero-order valence-corrected chi connectivity index (χ0v) is 9.63. The van der Waals surface area contributed by atoms with Crippen molar-refractivity contribution in [3.8, 4) is 0 Å². The van der Waals surface area contributed by atoms with Crippen LogP contribution in [0.3, 0.4) is 0 Å². The van der Waals surface area contributed by atoms with Crippen molar-refractivity contribution in [3.63, 3.8) is 0 Å². The van der Waals surface area contributed by atoms with Gasteiger partial charge in [-0.05, 0) is 6.92 Å². The van der Waals surface area contributed by atoms with E-state index in [0.29, 0.717) is 15.9 Å². The average molecular weight is 233 g/mol. The quantitative estimate of drug-likeness (QED) is 0.447. The minimum absolute atomic E-state index is 0.263. The molecule has 0 aliphatic carbocycles. The van der Waals surface area contributed by atoms with Crippen LogP contribution in [0.2, 0.25) is 10.3 Å². The van der Waals surface area contributed by atoms with Crippen molar-refractivity contribution in [1.82, 2.24) is 14.9 Å². The number of halogens is 2. The van der Waals surface area contributed by atoms with Crippen molar-refractivity contribution in [2.24, 2.45) is 4.99 Å².